The van der Waals surface area contributed by atoms with Crippen molar-refractivity contribution >= 4 is 21.9 Å². The fourth-order valence-corrected chi connectivity index (χ4v) is 5.44. The van der Waals surface area contributed by atoms with Crippen LogP contribution in [0.2, 0.25) is 0 Å². The molecule has 1 aliphatic rings. The van der Waals surface area contributed by atoms with E-state index in [4.69, 9.17) is 13.9 Å². The van der Waals surface area contributed by atoms with Crippen molar-refractivity contribution in [3.05, 3.63) is 36.6 Å². The van der Waals surface area contributed by atoms with Crippen molar-refractivity contribution < 1.29 is 27.1 Å². The molecule has 1 aliphatic heterocycles. The smallest absolute Gasteiger partial charge is 0.243 e. The van der Waals surface area contributed by atoms with Crippen LogP contribution < -0.4 is 14.2 Å². The average Bonchev–Trinajstić information content (AvgIpc) is 3.51. The molecule has 1 aromatic carbocycles. The Hall–Kier alpha value is -3.54. The van der Waals surface area contributed by atoms with Crippen molar-refractivity contribution in [3.63, 3.8) is 0 Å². The van der Waals surface area contributed by atoms with Crippen LogP contribution in [0, 0.1) is 5.92 Å². The van der Waals surface area contributed by atoms with Gasteiger partial charge >= 0.3 is 0 Å². The summed E-state index contributed by atoms with van der Waals surface area (Å²) in [5, 5.41) is 8.26. The highest BCUT2D eigenvalue weighted by Crippen LogP contribution is 2.38. The highest BCUT2D eigenvalue weighted by molar-refractivity contribution is 7.92. The van der Waals surface area contributed by atoms with Gasteiger partial charge in [-0.1, -0.05) is 13.0 Å². The Morgan fingerprint density at radius 2 is 1.83 bits per heavy atom. The van der Waals surface area contributed by atoms with Gasteiger partial charge in [0.1, 0.15) is 17.2 Å². The van der Waals surface area contributed by atoms with Gasteiger partial charge in [0.05, 0.1) is 26.2 Å². The SMILES string of the molecule is COc1cccc(OC)c1-n1c(NS(=O)(=O)CCN2C(=O)[C@@H](C)CC2(C)C)nnc1-c1ccco1. The molecule has 11 nitrogen and oxygen atoms in total. The minimum atomic E-state index is -3.92. The van der Waals surface area contributed by atoms with E-state index in [1.54, 1.807) is 35.2 Å². The lowest BCUT2D eigenvalue weighted by Crippen LogP contribution is -2.44. The van der Waals surface area contributed by atoms with Crippen LogP contribution in [0.4, 0.5) is 5.95 Å². The van der Waals surface area contributed by atoms with Crippen LogP contribution in [-0.4, -0.2) is 66.0 Å². The molecule has 1 N–H and O–H groups in total. The molecule has 1 atom stereocenters. The normalized spacial score (nSPS) is 17.6. The first kappa shape index (κ1) is 24.6. The van der Waals surface area contributed by atoms with Crippen LogP contribution in [0.1, 0.15) is 27.2 Å². The standard InChI is InChI=1S/C23H29N5O6S/c1-15-14-23(2,3)27(21(15)29)11-13-35(30,31)26-22-25-24-20(18-10-7-12-34-18)28(22)19-16(32-4)8-6-9-17(19)33-5/h6-10,12,15H,11,13-14H2,1-5H3,(H,25,26)/t15-/m0/s1. The zero-order valence-electron chi connectivity index (χ0n) is 20.3. The van der Waals surface area contributed by atoms with Gasteiger partial charge in [-0.05, 0) is 44.5 Å². The Labute approximate surface area is 204 Å². The largest absolute Gasteiger partial charge is 0.494 e. The molecule has 35 heavy (non-hydrogen) atoms. The first-order valence-electron chi connectivity index (χ1n) is 11.1. The number of rotatable bonds is 9. The Bertz CT molecular complexity index is 1290. The monoisotopic (exact) mass is 503 g/mol. The van der Waals surface area contributed by atoms with Crippen LogP contribution in [0.5, 0.6) is 11.5 Å². The number of carbonyl (C=O) groups is 1. The molecule has 3 aromatic rings. The Balaban J connectivity index is 1.71. The van der Waals surface area contributed by atoms with E-state index in [2.05, 4.69) is 14.9 Å². The van der Waals surface area contributed by atoms with Crippen LogP contribution in [0.25, 0.3) is 17.3 Å². The molecule has 0 radical (unpaired) electrons. The van der Waals surface area contributed by atoms with Gasteiger partial charge in [-0.2, -0.15) is 0 Å². The van der Waals surface area contributed by atoms with Crippen LogP contribution in [0.15, 0.2) is 41.0 Å². The number of methoxy groups -OCH3 is 2. The van der Waals surface area contributed by atoms with Gasteiger partial charge in [0.25, 0.3) is 0 Å². The van der Waals surface area contributed by atoms with Gasteiger partial charge in [0, 0.05) is 18.0 Å². The zero-order valence-corrected chi connectivity index (χ0v) is 21.1. The average molecular weight is 504 g/mol. The van der Waals surface area contributed by atoms with Crippen molar-refractivity contribution in [3.8, 4) is 28.8 Å². The second-order valence-corrected chi connectivity index (χ2v) is 10.8. The molecule has 188 valence electrons. The number of anilines is 1. The van der Waals surface area contributed by atoms with Gasteiger partial charge < -0.3 is 18.8 Å². The molecule has 0 spiro atoms. The number of carbonyl (C=O) groups excluding carboxylic acids is 1. The third kappa shape index (κ3) is 4.70. The van der Waals surface area contributed by atoms with Gasteiger partial charge in [-0.3, -0.25) is 14.1 Å². The quantitative estimate of drug-likeness (QED) is 0.472. The van der Waals surface area contributed by atoms with Crippen molar-refractivity contribution in [1.82, 2.24) is 19.7 Å². The summed E-state index contributed by atoms with van der Waals surface area (Å²) in [6, 6.07) is 8.54. The molecule has 1 fully saturated rings. The number of nitrogens with one attached hydrogen (secondary N) is 1. The van der Waals surface area contributed by atoms with E-state index < -0.39 is 15.6 Å². The summed E-state index contributed by atoms with van der Waals surface area (Å²) in [7, 11) is -0.928. The zero-order chi connectivity index (χ0) is 25.4. The second-order valence-electron chi connectivity index (χ2n) is 9.00. The molecular formula is C23H29N5O6S. The van der Waals surface area contributed by atoms with E-state index in [-0.39, 0.29) is 35.9 Å². The molecular weight excluding hydrogens is 474 g/mol. The predicted molar refractivity (Wildman–Crippen MR) is 129 cm³/mol. The molecule has 3 heterocycles. The lowest BCUT2D eigenvalue weighted by molar-refractivity contribution is -0.132. The summed E-state index contributed by atoms with van der Waals surface area (Å²) in [6.45, 7) is 5.79. The fourth-order valence-electron chi connectivity index (χ4n) is 4.51. The minimum absolute atomic E-state index is 0.0489. The number of hydrogen-bond acceptors (Lipinski definition) is 8. The maximum atomic E-state index is 13.1. The lowest BCUT2D eigenvalue weighted by Gasteiger charge is -2.31. The first-order chi connectivity index (χ1) is 16.6. The number of benzene rings is 1. The molecule has 2 aromatic heterocycles. The topological polar surface area (TPSA) is 129 Å². The predicted octanol–water partition coefficient (Wildman–Crippen LogP) is 2.93. The van der Waals surface area contributed by atoms with Gasteiger partial charge in [0.15, 0.2) is 5.76 Å². The minimum Gasteiger partial charge on any atom is -0.494 e. The van der Waals surface area contributed by atoms with Crippen LogP contribution in [0.3, 0.4) is 0 Å². The molecule has 0 bridgehead atoms. The highest BCUT2D eigenvalue weighted by Gasteiger charge is 2.42. The molecule has 0 aliphatic carbocycles. The van der Waals surface area contributed by atoms with E-state index in [1.807, 2.05) is 20.8 Å². The maximum Gasteiger partial charge on any atom is 0.243 e. The summed E-state index contributed by atoms with van der Waals surface area (Å²) < 4.78 is 46.8. The molecule has 1 amide bonds. The summed E-state index contributed by atoms with van der Waals surface area (Å²) in [4.78, 5) is 14.2. The van der Waals surface area contributed by atoms with E-state index in [1.165, 1.54) is 25.0 Å². The number of nitrogens with zero attached hydrogens (tertiary/aromatic N) is 4. The number of likely N-dealkylation sites (tertiary alicyclic amines) is 1. The molecule has 0 saturated carbocycles. The Kier molecular flexibility index (Phi) is 6.50. The van der Waals surface area contributed by atoms with Crippen molar-refractivity contribution in [2.24, 2.45) is 5.92 Å². The summed E-state index contributed by atoms with van der Waals surface area (Å²) in [6.07, 6.45) is 2.15. The van der Waals surface area contributed by atoms with Crippen molar-refractivity contribution in [2.75, 3.05) is 31.2 Å². The number of para-hydroxylation sites is 1. The molecule has 1 saturated heterocycles. The van der Waals surface area contributed by atoms with E-state index in [9.17, 15) is 13.2 Å². The van der Waals surface area contributed by atoms with Crippen molar-refractivity contribution in [1.29, 1.82) is 0 Å². The molecule has 0 unspecified atom stereocenters. The summed E-state index contributed by atoms with van der Waals surface area (Å²) in [5.74, 6) is 0.881. The number of ether oxygens (including phenoxy) is 2. The number of furan rings is 1. The lowest BCUT2D eigenvalue weighted by atomic mass is 9.98. The number of aromatic nitrogens is 3. The van der Waals surface area contributed by atoms with Crippen LogP contribution in [-0.2, 0) is 14.8 Å². The van der Waals surface area contributed by atoms with Gasteiger partial charge in [-0.25, -0.2) is 8.42 Å². The Morgan fingerprint density at radius 1 is 1.14 bits per heavy atom. The van der Waals surface area contributed by atoms with Gasteiger partial charge in [-0.15, -0.1) is 10.2 Å². The number of hydrogen-bond donors (Lipinski definition) is 1. The maximum absolute atomic E-state index is 13.1. The van der Waals surface area contributed by atoms with Gasteiger partial charge in [0.2, 0.25) is 27.7 Å². The van der Waals surface area contributed by atoms with E-state index in [0.29, 0.717) is 29.4 Å². The number of sulfonamides is 1. The molecule has 4 rings (SSSR count). The Morgan fingerprint density at radius 3 is 2.37 bits per heavy atom. The third-order valence-electron chi connectivity index (χ3n) is 6.08. The van der Waals surface area contributed by atoms with E-state index in [0.717, 1.165) is 0 Å². The fraction of sp³-hybridized carbons (Fsp3) is 0.435. The third-order valence-corrected chi connectivity index (χ3v) is 7.30. The summed E-state index contributed by atoms with van der Waals surface area (Å²) >= 11 is 0. The van der Waals surface area contributed by atoms with E-state index >= 15 is 0 Å². The first-order valence-corrected chi connectivity index (χ1v) is 12.8. The number of amides is 1. The highest BCUT2D eigenvalue weighted by atomic mass is 32.2. The van der Waals surface area contributed by atoms with Crippen LogP contribution >= 0.6 is 0 Å². The second kappa shape index (κ2) is 9.25. The molecule has 12 heteroatoms. The summed E-state index contributed by atoms with van der Waals surface area (Å²) in [5.41, 5.74) is -0.0141. The van der Waals surface area contributed by atoms with Crippen molar-refractivity contribution in [2.45, 2.75) is 32.7 Å².